The van der Waals surface area contributed by atoms with Gasteiger partial charge in [0.2, 0.25) is 5.91 Å². The Kier molecular flexibility index (Phi) is 15.0. The van der Waals surface area contributed by atoms with E-state index in [9.17, 15) is 24.4 Å². The van der Waals surface area contributed by atoms with Crippen molar-refractivity contribution in [3.63, 3.8) is 0 Å². The van der Waals surface area contributed by atoms with Crippen molar-refractivity contribution in [2.45, 2.75) is 164 Å². The summed E-state index contributed by atoms with van der Waals surface area (Å²) in [4.78, 5) is 51.4. The lowest BCUT2D eigenvalue weighted by molar-refractivity contribution is -0.169. The molecule has 0 aromatic heterocycles. The average Bonchev–Trinajstić information content (AvgIpc) is 3.40. The molecule has 1 amide bonds. The van der Waals surface area contributed by atoms with Crippen molar-refractivity contribution in [2.24, 2.45) is 33.3 Å². The molecule has 11 heteroatoms. The third-order valence-electron chi connectivity index (χ3n) is 11.3. The summed E-state index contributed by atoms with van der Waals surface area (Å²) in [6.07, 6.45) is 1.19. The quantitative estimate of drug-likeness (QED) is 0.0540. The minimum Gasteiger partial charge on any atom is -0.457 e. The molecule has 49 heavy (non-hydrogen) atoms. The van der Waals surface area contributed by atoms with Gasteiger partial charge >= 0.3 is 17.9 Å². The van der Waals surface area contributed by atoms with E-state index in [1.165, 1.54) is 0 Å². The second-order valence-electron chi connectivity index (χ2n) is 17.7. The molecule has 1 heterocycles. The molecule has 1 aliphatic heterocycles. The monoisotopic (exact) mass is 685 g/mol. The van der Waals surface area contributed by atoms with E-state index in [0.29, 0.717) is 19.4 Å². The number of nitrogens with one attached hydrogen (secondary N) is 1. The maximum atomic E-state index is 13.7. The first kappa shape index (κ1) is 44.3. The van der Waals surface area contributed by atoms with E-state index in [-0.39, 0.29) is 48.7 Å². The van der Waals surface area contributed by atoms with Gasteiger partial charge in [0.1, 0.15) is 12.1 Å². The molecule has 3 N–H and O–H groups in total. The standard InChI is InChI=1S/C38H64BN3O7/c1-15-37(13,39)25(31(45)49-32(46)26-17-18-29(43)42-26)21-35(9,10)38(14,41)28(48-30(44)24(2)3)23-34(7,8)36(11,12)27(22-33(4,5)6)47-20-16-19-40/h25-28H,2,15-18,20-23,41H2,1,3-14H3,(H,42,43). The number of nitrogens with zero attached hydrogens (tertiary/aromatic N) is 1. The Bertz CT molecular complexity index is 1260. The topological polar surface area (TPSA) is 158 Å². The number of ether oxygens (including phenoxy) is 3. The molecule has 1 aliphatic rings. The number of carbonyl (C=O) groups is 4. The molecular formula is C38H64BN3O7. The van der Waals surface area contributed by atoms with Crippen molar-refractivity contribution in [3.8, 4) is 6.07 Å². The highest BCUT2D eigenvalue weighted by molar-refractivity contribution is 6.17. The van der Waals surface area contributed by atoms with Gasteiger partial charge in [-0.05, 0) is 61.2 Å². The van der Waals surface area contributed by atoms with Crippen molar-refractivity contribution >= 4 is 31.7 Å². The van der Waals surface area contributed by atoms with Gasteiger partial charge in [0.25, 0.3) is 0 Å². The molecule has 1 fully saturated rings. The predicted octanol–water partition coefficient (Wildman–Crippen LogP) is 6.51. The largest absolute Gasteiger partial charge is 0.457 e. The van der Waals surface area contributed by atoms with Crippen LogP contribution in [0.5, 0.6) is 0 Å². The number of hydrogen-bond donors (Lipinski definition) is 2. The Morgan fingerprint density at radius 1 is 1.00 bits per heavy atom. The Balaban J connectivity index is 3.59. The van der Waals surface area contributed by atoms with Gasteiger partial charge in [-0.1, -0.05) is 94.5 Å². The van der Waals surface area contributed by atoms with E-state index in [2.05, 4.69) is 66.4 Å². The molecule has 0 aromatic rings. The zero-order valence-electron chi connectivity index (χ0n) is 32.6. The number of rotatable bonds is 18. The van der Waals surface area contributed by atoms with Crippen LogP contribution in [-0.4, -0.2) is 62.1 Å². The fourth-order valence-electron chi connectivity index (χ4n) is 6.12. The zero-order valence-corrected chi connectivity index (χ0v) is 32.6. The van der Waals surface area contributed by atoms with Crippen LogP contribution in [0.4, 0.5) is 0 Å². The van der Waals surface area contributed by atoms with Gasteiger partial charge < -0.3 is 25.3 Å². The first-order valence-electron chi connectivity index (χ1n) is 17.5. The molecule has 0 spiro atoms. The van der Waals surface area contributed by atoms with Crippen molar-refractivity contribution < 1.29 is 33.4 Å². The second-order valence-corrected chi connectivity index (χ2v) is 17.7. The molecule has 276 valence electrons. The number of carbonyl (C=O) groups excluding carboxylic acids is 4. The highest BCUT2D eigenvalue weighted by atomic mass is 16.6. The summed E-state index contributed by atoms with van der Waals surface area (Å²) in [5, 5.41) is 10.6. The third kappa shape index (κ3) is 11.7. The summed E-state index contributed by atoms with van der Waals surface area (Å²) in [5.74, 6) is -3.43. The summed E-state index contributed by atoms with van der Waals surface area (Å²) in [6, 6.07) is 1.27. The Morgan fingerprint density at radius 2 is 1.57 bits per heavy atom. The minimum absolute atomic E-state index is 0.0661. The Labute approximate surface area is 297 Å². The van der Waals surface area contributed by atoms with Gasteiger partial charge in [0, 0.05) is 12.0 Å². The van der Waals surface area contributed by atoms with E-state index in [1.807, 2.05) is 27.7 Å². The van der Waals surface area contributed by atoms with Crippen molar-refractivity contribution in [3.05, 3.63) is 12.2 Å². The molecule has 10 nitrogen and oxygen atoms in total. The van der Waals surface area contributed by atoms with E-state index in [0.717, 1.165) is 6.42 Å². The molecule has 0 aliphatic carbocycles. The summed E-state index contributed by atoms with van der Waals surface area (Å²) in [5.41, 5.74) is 4.27. The second kappa shape index (κ2) is 16.5. The summed E-state index contributed by atoms with van der Waals surface area (Å²) in [6.45, 7) is 29.7. The van der Waals surface area contributed by atoms with Gasteiger partial charge in [-0.3, -0.25) is 9.59 Å². The number of nitrogens with two attached hydrogens (primary N) is 1. The van der Waals surface area contributed by atoms with Gasteiger partial charge in [-0.15, -0.1) is 0 Å². The van der Waals surface area contributed by atoms with Gasteiger partial charge in [-0.2, -0.15) is 5.26 Å². The van der Waals surface area contributed by atoms with Gasteiger partial charge in [0.05, 0.1) is 44.5 Å². The summed E-state index contributed by atoms with van der Waals surface area (Å²) >= 11 is 0. The third-order valence-corrected chi connectivity index (χ3v) is 11.3. The fourth-order valence-corrected chi connectivity index (χ4v) is 6.12. The Morgan fingerprint density at radius 3 is 2.02 bits per heavy atom. The van der Waals surface area contributed by atoms with Crippen LogP contribution < -0.4 is 11.1 Å². The van der Waals surface area contributed by atoms with Gasteiger partial charge in [0.15, 0.2) is 0 Å². The molecular weight excluding hydrogens is 621 g/mol. The van der Waals surface area contributed by atoms with Crippen LogP contribution in [0.1, 0.15) is 135 Å². The number of nitriles is 1. The lowest BCUT2D eigenvalue weighted by atomic mass is 9.53. The maximum Gasteiger partial charge on any atom is 0.336 e. The molecule has 0 bridgehead atoms. The van der Waals surface area contributed by atoms with Gasteiger partial charge in [-0.25, -0.2) is 9.59 Å². The SMILES string of the molecule is [B]C(C)(CC)C(CC(C)(C)C(C)(N)C(CC(C)(C)C(C)(C)C(CC(C)(C)C)OCCC#N)OC(=O)C(=C)C)C(=O)OC(=O)C1CCC(=O)N1. The first-order valence-corrected chi connectivity index (χ1v) is 17.5. The van der Waals surface area contributed by atoms with E-state index in [4.69, 9.17) is 27.8 Å². The van der Waals surface area contributed by atoms with Crippen LogP contribution in [0.25, 0.3) is 0 Å². The highest BCUT2D eigenvalue weighted by Gasteiger charge is 2.54. The van der Waals surface area contributed by atoms with Crippen LogP contribution >= 0.6 is 0 Å². The smallest absolute Gasteiger partial charge is 0.336 e. The number of hydrogen-bond acceptors (Lipinski definition) is 9. The lowest BCUT2D eigenvalue weighted by Crippen LogP contribution is -2.62. The average molecular weight is 686 g/mol. The number of esters is 3. The summed E-state index contributed by atoms with van der Waals surface area (Å²) < 4.78 is 17.9. The van der Waals surface area contributed by atoms with Crippen LogP contribution in [0, 0.1) is 38.9 Å². The molecule has 0 saturated carbocycles. The van der Waals surface area contributed by atoms with Crippen LogP contribution in [0.3, 0.4) is 0 Å². The fraction of sp³-hybridized carbons (Fsp3) is 0.816. The molecule has 1 rings (SSSR count). The van der Waals surface area contributed by atoms with Crippen LogP contribution in [0.15, 0.2) is 12.2 Å². The Hall–Kier alpha value is -2.71. The predicted molar refractivity (Wildman–Crippen MR) is 192 cm³/mol. The zero-order chi connectivity index (χ0) is 38.4. The summed E-state index contributed by atoms with van der Waals surface area (Å²) in [7, 11) is 6.70. The molecule has 0 aromatic carbocycles. The van der Waals surface area contributed by atoms with Crippen LogP contribution in [0.2, 0.25) is 5.31 Å². The van der Waals surface area contributed by atoms with Crippen molar-refractivity contribution in [1.82, 2.24) is 5.32 Å². The molecule has 6 unspecified atom stereocenters. The molecule has 1 saturated heterocycles. The first-order chi connectivity index (χ1) is 22.1. The molecule has 6 atom stereocenters. The van der Waals surface area contributed by atoms with Crippen molar-refractivity contribution in [2.75, 3.05) is 6.61 Å². The maximum absolute atomic E-state index is 13.7. The van der Waals surface area contributed by atoms with Crippen molar-refractivity contribution in [1.29, 1.82) is 5.26 Å². The van der Waals surface area contributed by atoms with E-state index in [1.54, 1.807) is 13.8 Å². The van der Waals surface area contributed by atoms with E-state index >= 15 is 0 Å². The minimum atomic E-state index is -1.24. The normalized spacial score (nSPS) is 20.1. The molecule has 2 radical (unpaired) electrons. The highest BCUT2D eigenvalue weighted by Crippen LogP contribution is 2.53. The number of amides is 1. The lowest BCUT2D eigenvalue weighted by Gasteiger charge is -2.53. The van der Waals surface area contributed by atoms with Crippen LogP contribution in [-0.2, 0) is 33.4 Å². The van der Waals surface area contributed by atoms with E-state index < -0.39 is 63.1 Å².